The number of anilines is 1. The molecular weight excluding hydrogens is 330 g/mol. The Kier molecular flexibility index (Phi) is 5.12. The number of amides is 2. The number of aromatic nitrogens is 1. The molecule has 0 aliphatic rings. The summed E-state index contributed by atoms with van der Waals surface area (Å²) in [5.74, 6) is -0.586. The van der Waals surface area contributed by atoms with E-state index in [-0.39, 0.29) is 30.6 Å². The van der Waals surface area contributed by atoms with Crippen LogP contribution in [0.2, 0.25) is 0 Å². The summed E-state index contributed by atoms with van der Waals surface area (Å²) in [4.78, 5) is 38.4. The van der Waals surface area contributed by atoms with Gasteiger partial charge in [-0.2, -0.15) is 0 Å². The molecule has 6 heteroatoms. The number of benzene rings is 2. The summed E-state index contributed by atoms with van der Waals surface area (Å²) < 4.78 is 0. The van der Waals surface area contributed by atoms with E-state index in [2.05, 4.69) is 15.6 Å². The molecule has 26 heavy (non-hydrogen) atoms. The molecule has 2 aromatic carbocycles. The minimum atomic E-state index is -0.326. The Bertz CT molecular complexity index is 958. The van der Waals surface area contributed by atoms with E-state index < -0.39 is 0 Å². The summed E-state index contributed by atoms with van der Waals surface area (Å²) in [6.07, 6.45) is 2.01. The van der Waals surface area contributed by atoms with Gasteiger partial charge >= 0.3 is 0 Å². The van der Waals surface area contributed by atoms with Crippen LogP contribution in [-0.2, 0) is 16.0 Å². The molecule has 1 heterocycles. The van der Waals surface area contributed by atoms with Crippen molar-refractivity contribution in [1.29, 1.82) is 0 Å². The molecule has 0 unspecified atom stereocenters. The van der Waals surface area contributed by atoms with Crippen molar-refractivity contribution in [1.82, 2.24) is 10.3 Å². The average Bonchev–Trinajstić information content (AvgIpc) is 3.03. The summed E-state index contributed by atoms with van der Waals surface area (Å²) in [6.45, 7) is 1.37. The number of aromatic amines is 1. The molecule has 1 aromatic heterocycles. The lowest BCUT2D eigenvalue weighted by Crippen LogP contribution is -2.33. The first-order valence-electron chi connectivity index (χ1n) is 8.25. The van der Waals surface area contributed by atoms with Crippen molar-refractivity contribution in [2.24, 2.45) is 0 Å². The third-order valence-corrected chi connectivity index (χ3v) is 4.05. The molecule has 2 amide bonds. The first-order valence-corrected chi connectivity index (χ1v) is 8.25. The van der Waals surface area contributed by atoms with Gasteiger partial charge in [-0.25, -0.2) is 0 Å². The fraction of sp³-hybridized carbons (Fsp3) is 0.150. The number of para-hydroxylation sites is 1. The number of carbonyl (C=O) groups is 3. The lowest BCUT2D eigenvalue weighted by Gasteiger charge is -2.07. The van der Waals surface area contributed by atoms with E-state index in [4.69, 9.17) is 0 Å². The van der Waals surface area contributed by atoms with E-state index >= 15 is 0 Å². The van der Waals surface area contributed by atoms with E-state index in [1.54, 1.807) is 30.5 Å². The molecule has 3 N–H and O–H groups in total. The van der Waals surface area contributed by atoms with Crippen LogP contribution in [0.15, 0.2) is 54.7 Å². The van der Waals surface area contributed by atoms with E-state index in [1.807, 2.05) is 24.3 Å². The number of hydrogen-bond acceptors (Lipinski definition) is 3. The maximum atomic E-state index is 12.1. The molecular formula is C20H19N3O3. The standard InChI is InChI=1S/C20H19N3O3/c1-13(24)14-6-8-16(9-7-14)23-20(26)12-22-19(25)10-15-11-21-18-5-3-2-4-17(15)18/h2-9,11,21H,10,12H2,1H3,(H,22,25)(H,23,26). The molecule has 6 nitrogen and oxygen atoms in total. The lowest BCUT2D eigenvalue weighted by atomic mass is 10.1. The fourth-order valence-electron chi connectivity index (χ4n) is 2.69. The predicted octanol–water partition coefficient (Wildman–Crippen LogP) is 2.67. The van der Waals surface area contributed by atoms with Gasteiger partial charge in [0.2, 0.25) is 11.8 Å². The van der Waals surface area contributed by atoms with Crippen molar-refractivity contribution in [3.05, 3.63) is 65.9 Å². The van der Waals surface area contributed by atoms with Gasteiger partial charge in [0.1, 0.15) is 0 Å². The van der Waals surface area contributed by atoms with Gasteiger partial charge in [-0.1, -0.05) is 18.2 Å². The van der Waals surface area contributed by atoms with Gasteiger partial charge in [-0.15, -0.1) is 0 Å². The number of H-pyrrole nitrogens is 1. The second-order valence-corrected chi connectivity index (χ2v) is 5.99. The van der Waals surface area contributed by atoms with Crippen molar-refractivity contribution in [3.63, 3.8) is 0 Å². The molecule has 0 aliphatic carbocycles. The highest BCUT2D eigenvalue weighted by atomic mass is 16.2. The van der Waals surface area contributed by atoms with Crippen LogP contribution in [0.1, 0.15) is 22.8 Å². The Hall–Kier alpha value is -3.41. The largest absolute Gasteiger partial charge is 0.361 e. The molecule has 0 saturated carbocycles. The van der Waals surface area contributed by atoms with Gasteiger partial charge in [0.05, 0.1) is 13.0 Å². The van der Waals surface area contributed by atoms with Crippen LogP contribution >= 0.6 is 0 Å². The average molecular weight is 349 g/mol. The van der Waals surface area contributed by atoms with Crippen LogP contribution in [0.4, 0.5) is 5.69 Å². The third kappa shape index (κ3) is 4.16. The van der Waals surface area contributed by atoms with Crippen LogP contribution < -0.4 is 10.6 Å². The first kappa shape index (κ1) is 17.4. The molecule has 0 saturated heterocycles. The monoisotopic (exact) mass is 349 g/mol. The van der Waals surface area contributed by atoms with Crippen LogP contribution in [0.3, 0.4) is 0 Å². The van der Waals surface area contributed by atoms with Gasteiger partial charge in [0, 0.05) is 28.4 Å². The summed E-state index contributed by atoms with van der Waals surface area (Å²) in [5.41, 5.74) is 3.02. The van der Waals surface area contributed by atoms with Gasteiger partial charge in [0.25, 0.3) is 0 Å². The minimum Gasteiger partial charge on any atom is -0.361 e. The van der Waals surface area contributed by atoms with Crippen LogP contribution in [0.25, 0.3) is 10.9 Å². The van der Waals surface area contributed by atoms with Crippen molar-refractivity contribution < 1.29 is 14.4 Å². The normalized spacial score (nSPS) is 10.5. The van der Waals surface area contributed by atoms with Crippen molar-refractivity contribution in [2.75, 3.05) is 11.9 Å². The van der Waals surface area contributed by atoms with Crippen LogP contribution in [0, 0.1) is 0 Å². The van der Waals surface area contributed by atoms with E-state index in [0.717, 1.165) is 16.5 Å². The highest BCUT2D eigenvalue weighted by Gasteiger charge is 2.10. The second-order valence-electron chi connectivity index (χ2n) is 5.99. The quantitative estimate of drug-likeness (QED) is 0.598. The SMILES string of the molecule is CC(=O)c1ccc(NC(=O)CNC(=O)Cc2c[nH]c3ccccc23)cc1. The van der Waals surface area contributed by atoms with Crippen molar-refractivity contribution >= 4 is 34.2 Å². The second kappa shape index (κ2) is 7.65. The molecule has 0 spiro atoms. The molecule has 0 fully saturated rings. The molecule has 0 radical (unpaired) electrons. The summed E-state index contributed by atoms with van der Waals surface area (Å²) in [6, 6.07) is 14.3. The number of nitrogens with one attached hydrogen (secondary N) is 3. The van der Waals surface area contributed by atoms with E-state index in [9.17, 15) is 14.4 Å². The molecule has 0 aliphatic heterocycles. The van der Waals surface area contributed by atoms with Crippen LogP contribution in [0.5, 0.6) is 0 Å². The van der Waals surface area contributed by atoms with Gasteiger partial charge in [-0.05, 0) is 42.8 Å². The molecule has 0 bridgehead atoms. The van der Waals surface area contributed by atoms with Gasteiger partial charge in [0.15, 0.2) is 5.78 Å². The van der Waals surface area contributed by atoms with E-state index in [0.29, 0.717) is 11.3 Å². The van der Waals surface area contributed by atoms with Crippen molar-refractivity contribution in [2.45, 2.75) is 13.3 Å². The topological polar surface area (TPSA) is 91.1 Å². The Morgan fingerprint density at radius 3 is 2.42 bits per heavy atom. The summed E-state index contributed by atoms with van der Waals surface area (Å²) in [7, 11) is 0. The summed E-state index contributed by atoms with van der Waals surface area (Å²) in [5, 5.41) is 6.29. The lowest BCUT2D eigenvalue weighted by molar-refractivity contribution is -0.123. The Morgan fingerprint density at radius 1 is 0.962 bits per heavy atom. The highest BCUT2D eigenvalue weighted by Crippen LogP contribution is 2.17. The van der Waals surface area contributed by atoms with Gasteiger partial charge < -0.3 is 15.6 Å². The minimum absolute atomic E-state index is 0.0348. The number of hydrogen-bond donors (Lipinski definition) is 3. The number of Topliss-reactive ketones (excluding diaryl/α,β-unsaturated/α-hetero) is 1. The molecule has 3 aromatic rings. The van der Waals surface area contributed by atoms with Crippen LogP contribution in [-0.4, -0.2) is 29.1 Å². The fourth-order valence-corrected chi connectivity index (χ4v) is 2.69. The maximum absolute atomic E-state index is 12.1. The smallest absolute Gasteiger partial charge is 0.243 e. The molecule has 0 atom stereocenters. The molecule has 3 rings (SSSR count). The third-order valence-electron chi connectivity index (χ3n) is 4.05. The van der Waals surface area contributed by atoms with E-state index in [1.165, 1.54) is 6.92 Å². The van der Waals surface area contributed by atoms with Gasteiger partial charge in [-0.3, -0.25) is 14.4 Å². The summed E-state index contributed by atoms with van der Waals surface area (Å²) >= 11 is 0. The zero-order valence-corrected chi connectivity index (χ0v) is 14.3. The first-order chi connectivity index (χ1) is 12.5. The Balaban J connectivity index is 1.51. The zero-order valence-electron chi connectivity index (χ0n) is 14.3. The predicted molar refractivity (Wildman–Crippen MR) is 100 cm³/mol. The zero-order chi connectivity index (χ0) is 18.5. The number of carbonyl (C=O) groups excluding carboxylic acids is 3. The number of rotatable bonds is 6. The number of ketones is 1. The Morgan fingerprint density at radius 2 is 1.69 bits per heavy atom. The maximum Gasteiger partial charge on any atom is 0.243 e. The van der Waals surface area contributed by atoms with Crippen molar-refractivity contribution in [3.8, 4) is 0 Å². The highest BCUT2D eigenvalue weighted by molar-refractivity contribution is 5.97. The molecule has 132 valence electrons. The number of fused-ring (bicyclic) bond motifs is 1. The Labute approximate surface area is 150 Å².